The molecule has 39 heavy (non-hydrogen) atoms. The highest BCUT2D eigenvalue weighted by molar-refractivity contribution is 5.90. The standard InChI is InChI=1S/C28H37N7O4/c1-19(2)14-24-28(38)30-9-12-34-11-8-29-27(34)21-6-4-7-22(15-21)39-13-5-10-35(17-25(36)33-24)26(37)16-23-20(3)31-18-32-23/h4,6-8,11,15,18-19,24H,5,9-10,12-14,16-17H2,1-3H3,(H,30,38)(H,31,32)(H,33,36)/t24-/m1/s1. The van der Waals surface area contributed by atoms with Gasteiger partial charge in [-0.15, -0.1) is 0 Å². The zero-order chi connectivity index (χ0) is 27.8. The van der Waals surface area contributed by atoms with E-state index in [9.17, 15) is 14.4 Å². The van der Waals surface area contributed by atoms with Gasteiger partial charge in [0.05, 0.1) is 31.6 Å². The molecule has 1 aliphatic heterocycles. The third-order valence-electron chi connectivity index (χ3n) is 6.60. The van der Waals surface area contributed by atoms with Crippen LogP contribution in [0.2, 0.25) is 0 Å². The summed E-state index contributed by atoms with van der Waals surface area (Å²) in [4.78, 5) is 52.6. The molecule has 3 N–H and O–H groups in total. The lowest BCUT2D eigenvalue weighted by atomic mass is 10.0. The molecule has 1 aromatic carbocycles. The zero-order valence-corrected chi connectivity index (χ0v) is 22.8. The van der Waals surface area contributed by atoms with Gasteiger partial charge in [-0.1, -0.05) is 26.0 Å². The Morgan fingerprint density at radius 1 is 1.21 bits per heavy atom. The topological polar surface area (TPSA) is 134 Å². The molecule has 2 aromatic heterocycles. The largest absolute Gasteiger partial charge is 0.494 e. The number of hydrogen-bond donors (Lipinski definition) is 3. The fourth-order valence-electron chi connectivity index (χ4n) is 4.57. The summed E-state index contributed by atoms with van der Waals surface area (Å²) in [6.07, 6.45) is 6.23. The summed E-state index contributed by atoms with van der Waals surface area (Å²) in [5.41, 5.74) is 2.36. The van der Waals surface area contributed by atoms with E-state index < -0.39 is 6.04 Å². The summed E-state index contributed by atoms with van der Waals surface area (Å²) in [6, 6.07) is 6.97. The Kier molecular flexibility index (Phi) is 9.35. The van der Waals surface area contributed by atoms with Crippen molar-refractivity contribution >= 4 is 17.7 Å². The predicted octanol–water partition coefficient (Wildman–Crippen LogP) is 2.08. The molecule has 3 amide bonds. The van der Waals surface area contributed by atoms with Gasteiger partial charge in [0.2, 0.25) is 17.7 Å². The van der Waals surface area contributed by atoms with Crippen LogP contribution in [0, 0.1) is 12.8 Å². The van der Waals surface area contributed by atoms with Crippen LogP contribution >= 0.6 is 0 Å². The Morgan fingerprint density at radius 3 is 2.82 bits per heavy atom. The van der Waals surface area contributed by atoms with E-state index in [0.717, 1.165) is 17.1 Å². The first-order valence-corrected chi connectivity index (χ1v) is 13.4. The van der Waals surface area contributed by atoms with Crippen LogP contribution in [0.15, 0.2) is 43.0 Å². The Hall–Kier alpha value is -4.15. The number of rotatable bonds is 4. The molecule has 3 aromatic rings. The molecule has 208 valence electrons. The average Bonchev–Trinajstić information content (AvgIpc) is 3.53. The molecule has 0 saturated heterocycles. The van der Waals surface area contributed by atoms with Crippen LogP contribution < -0.4 is 15.4 Å². The van der Waals surface area contributed by atoms with Gasteiger partial charge < -0.3 is 29.8 Å². The summed E-state index contributed by atoms with van der Waals surface area (Å²) < 4.78 is 7.96. The lowest BCUT2D eigenvalue weighted by Crippen LogP contribution is -2.51. The maximum atomic E-state index is 13.2. The molecular weight excluding hydrogens is 498 g/mol. The van der Waals surface area contributed by atoms with Crippen LogP contribution in [0.3, 0.4) is 0 Å². The molecule has 1 atom stereocenters. The second-order valence-corrected chi connectivity index (χ2v) is 10.2. The number of nitrogens with zero attached hydrogens (tertiary/aromatic N) is 4. The van der Waals surface area contributed by atoms with Gasteiger partial charge in [0.1, 0.15) is 17.6 Å². The second kappa shape index (κ2) is 13.1. The fourth-order valence-corrected chi connectivity index (χ4v) is 4.57. The zero-order valence-electron chi connectivity index (χ0n) is 22.8. The number of nitrogens with one attached hydrogen (secondary N) is 3. The van der Waals surface area contributed by atoms with Gasteiger partial charge in [-0.2, -0.15) is 0 Å². The molecule has 0 unspecified atom stereocenters. The number of carbonyl (C=O) groups excluding carboxylic acids is 3. The van der Waals surface area contributed by atoms with Crippen molar-refractivity contribution in [1.29, 1.82) is 0 Å². The van der Waals surface area contributed by atoms with Crippen LogP contribution in [0.5, 0.6) is 5.75 Å². The van der Waals surface area contributed by atoms with Crippen molar-refractivity contribution in [1.82, 2.24) is 35.1 Å². The summed E-state index contributed by atoms with van der Waals surface area (Å²) in [6.45, 7) is 7.27. The first-order chi connectivity index (χ1) is 18.8. The van der Waals surface area contributed by atoms with Gasteiger partial charge in [0.15, 0.2) is 0 Å². The minimum Gasteiger partial charge on any atom is -0.494 e. The molecule has 0 radical (unpaired) electrons. The van der Waals surface area contributed by atoms with Gasteiger partial charge in [0, 0.05) is 43.3 Å². The van der Waals surface area contributed by atoms with Crippen LogP contribution in [0.1, 0.15) is 38.1 Å². The van der Waals surface area contributed by atoms with Crippen molar-refractivity contribution in [2.24, 2.45) is 5.92 Å². The minimum absolute atomic E-state index is 0.0775. The van der Waals surface area contributed by atoms with Crippen LogP contribution in [0.4, 0.5) is 0 Å². The number of benzene rings is 1. The number of hydrogen-bond acceptors (Lipinski definition) is 6. The highest BCUT2D eigenvalue weighted by Crippen LogP contribution is 2.23. The van der Waals surface area contributed by atoms with Gasteiger partial charge >= 0.3 is 0 Å². The predicted molar refractivity (Wildman–Crippen MR) is 146 cm³/mol. The lowest BCUT2D eigenvalue weighted by molar-refractivity contribution is -0.136. The van der Waals surface area contributed by atoms with E-state index in [0.29, 0.717) is 50.5 Å². The van der Waals surface area contributed by atoms with Crippen molar-refractivity contribution in [3.05, 3.63) is 54.4 Å². The number of H-pyrrole nitrogens is 1. The third-order valence-corrected chi connectivity index (χ3v) is 6.60. The maximum Gasteiger partial charge on any atom is 0.242 e. The number of ether oxygens (including phenoxy) is 1. The molecule has 0 spiro atoms. The summed E-state index contributed by atoms with van der Waals surface area (Å²) in [5.74, 6) is 0.802. The van der Waals surface area contributed by atoms with Gasteiger partial charge in [0.25, 0.3) is 0 Å². The Labute approximate surface area is 228 Å². The molecule has 4 rings (SSSR count). The van der Waals surface area contributed by atoms with Crippen molar-refractivity contribution in [2.45, 2.75) is 52.6 Å². The van der Waals surface area contributed by atoms with Crippen molar-refractivity contribution in [3.8, 4) is 17.1 Å². The average molecular weight is 536 g/mol. The van der Waals surface area contributed by atoms with Gasteiger partial charge in [-0.25, -0.2) is 9.97 Å². The van der Waals surface area contributed by atoms with Crippen molar-refractivity contribution < 1.29 is 19.1 Å². The van der Waals surface area contributed by atoms with E-state index in [1.165, 1.54) is 4.90 Å². The molecule has 11 nitrogen and oxygen atoms in total. The van der Waals surface area contributed by atoms with E-state index >= 15 is 0 Å². The van der Waals surface area contributed by atoms with Crippen LogP contribution in [-0.2, 0) is 27.3 Å². The number of fused-ring (bicyclic) bond motifs is 4. The summed E-state index contributed by atoms with van der Waals surface area (Å²) >= 11 is 0. The third kappa shape index (κ3) is 7.68. The van der Waals surface area contributed by atoms with E-state index in [1.54, 1.807) is 12.5 Å². The van der Waals surface area contributed by atoms with Crippen molar-refractivity contribution in [3.63, 3.8) is 0 Å². The van der Waals surface area contributed by atoms with E-state index in [4.69, 9.17) is 4.74 Å². The Bertz CT molecular complexity index is 1280. The molecule has 1 aliphatic rings. The first kappa shape index (κ1) is 27.9. The quantitative estimate of drug-likeness (QED) is 0.468. The van der Waals surface area contributed by atoms with Gasteiger partial charge in [-0.3, -0.25) is 14.4 Å². The van der Waals surface area contributed by atoms with Crippen molar-refractivity contribution in [2.75, 3.05) is 26.2 Å². The fraction of sp³-hybridized carbons (Fsp3) is 0.464. The molecule has 2 bridgehead atoms. The number of aromatic nitrogens is 4. The number of imidazole rings is 2. The van der Waals surface area contributed by atoms with E-state index in [1.807, 2.05) is 55.8 Å². The molecule has 0 fully saturated rings. The highest BCUT2D eigenvalue weighted by Gasteiger charge is 2.25. The molecule has 0 saturated carbocycles. The molecular formula is C28H37N7O4. The Morgan fingerprint density at radius 2 is 2.05 bits per heavy atom. The summed E-state index contributed by atoms with van der Waals surface area (Å²) in [7, 11) is 0. The summed E-state index contributed by atoms with van der Waals surface area (Å²) in [5, 5.41) is 5.81. The van der Waals surface area contributed by atoms with Gasteiger partial charge in [-0.05, 0) is 37.8 Å². The van der Waals surface area contributed by atoms with E-state index in [-0.39, 0.29) is 36.6 Å². The molecule has 3 heterocycles. The molecule has 11 heteroatoms. The van der Waals surface area contributed by atoms with Crippen LogP contribution in [0.25, 0.3) is 11.4 Å². The first-order valence-electron chi connectivity index (χ1n) is 13.4. The lowest BCUT2D eigenvalue weighted by Gasteiger charge is -2.25. The number of aryl methyl sites for hydroxylation is 1. The number of amides is 3. The SMILES string of the molecule is Cc1[nH]cnc1CC(=O)N1CCCOc2cccc(c2)-c2nccn2CCNC(=O)[C@@H](CC(C)C)NC(=O)C1. The Balaban J connectivity index is 1.56. The second-order valence-electron chi connectivity index (χ2n) is 10.2. The maximum absolute atomic E-state index is 13.2. The monoisotopic (exact) mass is 535 g/mol. The normalized spacial score (nSPS) is 17.4. The van der Waals surface area contributed by atoms with E-state index in [2.05, 4.69) is 25.6 Å². The molecule has 0 aliphatic carbocycles. The van der Waals surface area contributed by atoms with Crippen LogP contribution in [-0.4, -0.2) is 74.4 Å². The highest BCUT2D eigenvalue weighted by atomic mass is 16.5. The minimum atomic E-state index is -0.704. The smallest absolute Gasteiger partial charge is 0.242 e. The number of carbonyl (C=O) groups is 3. The number of aromatic amines is 1.